The smallest absolute Gasteiger partial charge is 0.183 e. The highest BCUT2D eigenvalue weighted by atomic mass is 16.6. The Bertz CT molecular complexity index is 506. The summed E-state index contributed by atoms with van der Waals surface area (Å²) in [6, 6.07) is 0. The van der Waals surface area contributed by atoms with Gasteiger partial charge in [0.2, 0.25) is 0 Å². The van der Waals surface area contributed by atoms with E-state index in [9.17, 15) is 0 Å². The second-order valence-electron chi connectivity index (χ2n) is 3.51. The molecule has 1 aliphatic rings. The Balaban J connectivity index is 2.01. The van der Waals surface area contributed by atoms with Crippen molar-refractivity contribution in [2.45, 2.75) is 6.10 Å². The monoisotopic (exact) mass is 221 g/mol. The Labute approximate surface area is 91.0 Å². The van der Waals surface area contributed by atoms with Crippen LogP contribution in [0.4, 0.5) is 5.82 Å². The molecule has 0 bridgehead atoms. The summed E-state index contributed by atoms with van der Waals surface area (Å²) >= 11 is 0. The second-order valence-corrected chi connectivity index (χ2v) is 3.51. The minimum Gasteiger partial charge on any atom is -0.382 e. The summed E-state index contributed by atoms with van der Waals surface area (Å²) in [6.07, 6.45) is 1.21. The largest absolute Gasteiger partial charge is 0.382 e. The molecule has 0 radical (unpaired) electrons. The van der Waals surface area contributed by atoms with E-state index in [2.05, 4.69) is 19.9 Å². The molecule has 0 saturated carbocycles. The van der Waals surface area contributed by atoms with Crippen molar-refractivity contribution < 1.29 is 9.47 Å². The van der Waals surface area contributed by atoms with Crippen molar-refractivity contribution in [1.29, 1.82) is 0 Å². The van der Waals surface area contributed by atoms with Crippen LogP contribution in [0.25, 0.3) is 11.2 Å². The lowest BCUT2D eigenvalue weighted by atomic mass is 10.3. The number of H-pyrrole nitrogens is 1. The predicted molar refractivity (Wildman–Crippen MR) is 55.6 cm³/mol. The third-order valence-corrected chi connectivity index (χ3v) is 2.46. The summed E-state index contributed by atoms with van der Waals surface area (Å²) in [4.78, 5) is 15.3. The molecule has 16 heavy (non-hydrogen) atoms. The maximum Gasteiger partial charge on any atom is 0.183 e. The van der Waals surface area contributed by atoms with Crippen molar-refractivity contribution >= 4 is 17.0 Å². The molecule has 7 heteroatoms. The van der Waals surface area contributed by atoms with Gasteiger partial charge in [-0.3, -0.25) is 0 Å². The first kappa shape index (κ1) is 9.49. The van der Waals surface area contributed by atoms with Crippen LogP contribution in [0, 0.1) is 0 Å². The number of ether oxygens (including phenoxy) is 2. The van der Waals surface area contributed by atoms with Gasteiger partial charge < -0.3 is 20.2 Å². The van der Waals surface area contributed by atoms with Crippen molar-refractivity contribution in [1.82, 2.24) is 19.9 Å². The van der Waals surface area contributed by atoms with E-state index < -0.39 is 0 Å². The molecule has 0 spiro atoms. The summed E-state index contributed by atoms with van der Waals surface area (Å²) in [5, 5.41) is 0. The molecule has 3 rings (SSSR count). The number of nitrogens with one attached hydrogen (secondary N) is 1. The number of nitrogens with two attached hydrogens (primary N) is 1. The molecule has 3 heterocycles. The van der Waals surface area contributed by atoms with Crippen LogP contribution in [-0.2, 0) is 9.47 Å². The third-order valence-electron chi connectivity index (χ3n) is 2.46. The zero-order valence-corrected chi connectivity index (χ0v) is 8.51. The van der Waals surface area contributed by atoms with E-state index in [1.807, 2.05) is 0 Å². The fourth-order valence-corrected chi connectivity index (χ4v) is 1.66. The summed E-state index contributed by atoms with van der Waals surface area (Å²) in [6.45, 7) is 1.69. The molecular formula is C9H11N5O2. The van der Waals surface area contributed by atoms with E-state index in [-0.39, 0.29) is 6.10 Å². The second kappa shape index (κ2) is 3.69. The predicted octanol–water partition coefficient (Wildman–Crippen LogP) is 0.0230. The number of rotatable bonds is 1. The lowest BCUT2D eigenvalue weighted by Crippen LogP contribution is -2.22. The van der Waals surface area contributed by atoms with Gasteiger partial charge in [0.1, 0.15) is 23.8 Å². The van der Waals surface area contributed by atoms with Gasteiger partial charge in [0.05, 0.1) is 19.8 Å². The maximum absolute atomic E-state index is 5.70. The molecule has 1 atom stereocenters. The Kier molecular flexibility index (Phi) is 2.19. The summed E-state index contributed by atoms with van der Waals surface area (Å²) < 4.78 is 10.8. The molecule has 84 valence electrons. The zero-order valence-electron chi connectivity index (χ0n) is 8.51. The van der Waals surface area contributed by atoms with Gasteiger partial charge in [-0.2, -0.15) is 0 Å². The number of aromatic nitrogens is 4. The number of imidazole rings is 1. The van der Waals surface area contributed by atoms with Crippen LogP contribution in [0.5, 0.6) is 0 Å². The summed E-state index contributed by atoms with van der Waals surface area (Å²) in [7, 11) is 0. The van der Waals surface area contributed by atoms with Crippen molar-refractivity contribution in [3.05, 3.63) is 12.2 Å². The lowest BCUT2D eigenvalue weighted by Gasteiger charge is -2.20. The minimum atomic E-state index is -0.178. The van der Waals surface area contributed by atoms with E-state index in [0.29, 0.717) is 42.6 Å². The van der Waals surface area contributed by atoms with Gasteiger partial charge in [-0.1, -0.05) is 0 Å². The van der Waals surface area contributed by atoms with Gasteiger partial charge in [-0.15, -0.1) is 0 Å². The molecule has 1 aliphatic heterocycles. The first-order chi connectivity index (χ1) is 7.84. The van der Waals surface area contributed by atoms with Crippen molar-refractivity contribution in [3.8, 4) is 0 Å². The van der Waals surface area contributed by atoms with Crippen LogP contribution in [0.15, 0.2) is 6.33 Å². The highest BCUT2D eigenvalue weighted by Gasteiger charge is 2.21. The van der Waals surface area contributed by atoms with E-state index >= 15 is 0 Å². The van der Waals surface area contributed by atoms with E-state index in [1.165, 1.54) is 6.33 Å². The molecule has 3 N–H and O–H groups in total. The molecular weight excluding hydrogens is 210 g/mol. The van der Waals surface area contributed by atoms with Gasteiger partial charge in [-0.25, -0.2) is 15.0 Å². The van der Waals surface area contributed by atoms with E-state index in [0.717, 1.165) is 0 Å². The number of aromatic amines is 1. The summed E-state index contributed by atoms with van der Waals surface area (Å²) in [5.41, 5.74) is 6.90. The highest BCUT2D eigenvalue weighted by Crippen LogP contribution is 2.21. The number of fused-ring (bicyclic) bond motifs is 1. The topological polar surface area (TPSA) is 98.9 Å². The van der Waals surface area contributed by atoms with Crippen molar-refractivity contribution in [3.63, 3.8) is 0 Å². The van der Waals surface area contributed by atoms with Crippen molar-refractivity contribution in [2.75, 3.05) is 25.6 Å². The zero-order chi connectivity index (χ0) is 11.0. The Hall–Kier alpha value is -1.73. The molecule has 2 aromatic rings. The first-order valence-corrected chi connectivity index (χ1v) is 5.00. The number of nitrogen functional groups attached to an aromatic ring is 1. The molecule has 0 aromatic carbocycles. The third kappa shape index (κ3) is 1.50. The van der Waals surface area contributed by atoms with Crippen LogP contribution >= 0.6 is 0 Å². The van der Waals surface area contributed by atoms with Crippen LogP contribution in [0.3, 0.4) is 0 Å². The number of anilines is 1. The average molecular weight is 221 g/mol. The standard InChI is InChI=1S/C9H11N5O2/c10-7-6-9(12-4-11-7)14-8(13-6)5-3-15-1-2-16-5/h4-5H,1-3H2,(H3,10,11,12,13,14). The quantitative estimate of drug-likeness (QED) is 0.704. The number of nitrogens with zero attached hydrogens (tertiary/aromatic N) is 3. The fraction of sp³-hybridized carbons (Fsp3) is 0.444. The Morgan fingerprint density at radius 2 is 2.31 bits per heavy atom. The molecule has 0 aliphatic carbocycles. The summed E-state index contributed by atoms with van der Waals surface area (Å²) in [5.74, 6) is 1.07. The highest BCUT2D eigenvalue weighted by molar-refractivity contribution is 5.81. The molecule has 0 amide bonds. The Morgan fingerprint density at radius 3 is 3.06 bits per heavy atom. The SMILES string of the molecule is Nc1ncnc2nc(C3COCCO3)[nH]c12. The lowest BCUT2D eigenvalue weighted by molar-refractivity contribution is -0.0931. The van der Waals surface area contributed by atoms with Gasteiger partial charge in [0.25, 0.3) is 0 Å². The Morgan fingerprint density at radius 1 is 1.38 bits per heavy atom. The average Bonchev–Trinajstić information content (AvgIpc) is 2.76. The van der Waals surface area contributed by atoms with Gasteiger partial charge >= 0.3 is 0 Å². The fourth-order valence-electron chi connectivity index (χ4n) is 1.66. The van der Waals surface area contributed by atoms with Crippen LogP contribution < -0.4 is 5.73 Å². The van der Waals surface area contributed by atoms with E-state index in [1.54, 1.807) is 0 Å². The molecule has 1 saturated heterocycles. The molecule has 7 nitrogen and oxygen atoms in total. The normalized spacial score (nSPS) is 21.4. The molecule has 1 unspecified atom stereocenters. The minimum absolute atomic E-state index is 0.178. The van der Waals surface area contributed by atoms with Crippen LogP contribution in [-0.4, -0.2) is 39.8 Å². The number of hydrogen-bond donors (Lipinski definition) is 2. The number of hydrogen-bond acceptors (Lipinski definition) is 6. The molecule has 1 fully saturated rings. The maximum atomic E-state index is 5.70. The van der Waals surface area contributed by atoms with Gasteiger partial charge in [0, 0.05) is 0 Å². The van der Waals surface area contributed by atoms with Crippen molar-refractivity contribution in [2.24, 2.45) is 0 Å². The van der Waals surface area contributed by atoms with Gasteiger partial charge in [0.15, 0.2) is 11.5 Å². The molecule has 2 aromatic heterocycles. The van der Waals surface area contributed by atoms with E-state index in [4.69, 9.17) is 15.2 Å². The van der Waals surface area contributed by atoms with Crippen LogP contribution in [0.1, 0.15) is 11.9 Å². The van der Waals surface area contributed by atoms with Gasteiger partial charge in [-0.05, 0) is 0 Å². The first-order valence-electron chi connectivity index (χ1n) is 5.00. The van der Waals surface area contributed by atoms with Crippen LogP contribution in [0.2, 0.25) is 0 Å².